The van der Waals surface area contributed by atoms with E-state index >= 15 is 0 Å². The predicted molar refractivity (Wildman–Crippen MR) is 113 cm³/mol. The van der Waals surface area contributed by atoms with Crippen molar-refractivity contribution in [1.82, 2.24) is 9.62 Å². The first-order valence-corrected chi connectivity index (χ1v) is 11.7. The fourth-order valence-corrected chi connectivity index (χ4v) is 5.20. The van der Waals surface area contributed by atoms with Crippen LogP contribution >= 0.6 is 0 Å². The Morgan fingerprint density at radius 3 is 2.73 bits per heavy atom. The molecule has 3 rings (SSSR count). The van der Waals surface area contributed by atoms with E-state index in [1.807, 2.05) is 13.0 Å². The first kappa shape index (κ1) is 22.0. The van der Waals surface area contributed by atoms with Gasteiger partial charge in [0, 0.05) is 18.8 Å². The van der Waals surface area contributed by atoms with E-state index in [0.29, 0.717) is 25.1 Å². The van der Waals surface area contributed by atoms with Gasteiger partial charge >= 0.3 is 0 Å². The van der Waals surface area contributed by atoms with Crippen molar-refractivity contribution < 1.29 is 22.4 Å². The number of sulfonamides is 1. The van der Waals surface area contributed by atoms with Crippen LogP contribution < -0.4 is 10.6 Å². The summed E-state index contributed by atoms with van der Waals surface area (Å²) < 4.78 is 31.0. The molecule has 1 aromatic heterocycles. The van der Waals surface area contributed by atoms with Crippen LogP contribution in [0.1, 0.15) is 48.7 Å². The average Bonchev–Trinajstić information content (AvgIpc) is 3.37. The lowest BCUT2D eigenvalue weighted by molar-refractivity contribution is -0.125. The Hall–Kier alpha value is -2.65. The lowest BCUT2D eigenvalue weighted by Gasteiger charge is -2.25. The molecular weight excluding hydrogens is 406 g/mol. The van der Waals surface area contributed by atoms with Gasteiger partial charge in [0.15, 0.2) is 5.76 Å². The first-order chi connectivity index (χ1) is 14.4. The van der Waals surface area contributed by atoms with Crippen LogP contribution in [0.15, 0.2) is 47.1 Å². The van der Waals surface area contributed by atoms with Gasteiger partial charge in [-0.15, -0.1) is 0 Å². The van der Waals surface area contributed by atoms with Crippen molar-refractivity contribution in [3.05, 3.63) is 54.0 Å². The number of nitrogens with zero attached hydrogens (tertiary/aromatic N) is 1. The third-order valence-electron chi connectivity index (χ3n) is 5.02. The summed E-state index contributed by atoms with van der Waals surface area (Å²) >= 11 is 0. The highest BCUT2D eigenvalue weighted by Crippen LogP contribution is 2.21. The van der Waals surface area contributed by atoms with E-state index in [1.54, 1.807) is 30.3 Å². The van der Waals surface area contributed by atoms with E-state index in [0.717, 1.165) is 18.4 Å². The van der Waals surface area contributed by atoms with E-state index in [-0.39, 0.29) is 29.9 Å². The number of nitrogens with one attached hydrogen (secondary N) is 2. The van der Waals surface area contributed by atoms with Crippen LogP contribution in [-0.4, -0.2) is 42.9 Å². The van der Waals surface area contributed by atoms with Gasteiger partial charge in [-0.2, -0.15) is 4.31 Å². The van der Waals surface area contributed by atoms with Crippen LogP contribution in [0.2, 0.25) is 0 Å². The third-order valence-corrected chi connectivity index (χ3v) is 6.97. The summed E-state index contributed by atoms with van der Waals surface area (Å²) in [6.45, 7) is 2.63. The molecule has 162 valence electrons. The molecule has 0 bridgehead atoms. The molecule has 1 aliphatic heterocycles. The van der Waals surface area contributed by atoms with Crippen LogP contribution in [0, 0.1) is 0 Å². The van der Waals surface area contributed by atoms with Crippen molar-refractivity contribution in [2.75, 3.05) is 17.6 Å². The highest BCUT2D eigenvalue weighted by atomic mass is 32.2. The van der Waals surface area contributed by atoms with Crippen molar-refractivity contribution in [2.24, 2.45) is 0 Å². The molecule has 0 spiro atoms. The summed E-state index contributed by atoms with van der Waals surface area (Å²) in [6.07, 6.45) is 4.14. The number of benzene rings is 1. The molecule has 1 atom stereocenters. The number of furan rings is 1. The normalized spacial score (nSPS) is 16.8. The zero-order chi connectivity index (χ0) is 21.6. The van der Waals surface area contributed by atoms with Gasteiger partial charge in [-0.05, 0) is 42.7 Å². The molecular formula is C21H27N3O5S. The van der Waals surface area contributed by atoms with Crippen LogP contribution in [0.25, 0.3) is 0 Å². The maximum atomic E-state index is 12.8. The van der Waals surface area contributed by atoms with Crippen LogP contribution in [0.4, 0.5) is 5.69 Å². The SMILES string of the molecule is CCCC[C@H](C(=O)NCc1cccc(NC(=O)c2ccco2)c1)N1CCCS1(=O)=O. The van der Waals surface area contributed by atoms with E-state index in [1.165, 1.54) is 10.6 Å². The molecule has 2 amide bonds. The lowest BCUT2D eigenvalue weighted by atomic mass is 10.1. The topological polar surface area (TPSA) is 109 Å². The second-order valence-corrected chi connectivity index (χ2v) is 9.33. The average molecular weight is 434 g/mol. The monoisotopic (exact) mass is 433 g/mol. The van der Waals surface area contributed by atoms with Gasteiger partial charge in [-0.25, -0.2) is 8.42 Å². The smallest absolute Gasteiger partial charge is 0.291 e. The Morgan fingerprint density at radius 1 is 1.23 bits per heavy atom. The summed E-state index contributed by atoms with van der Waals surface area (Å²) in [5.74, 6) is -0.348. The van der Waals surface area contributed by atoms with Crippen molar-refractivity contribution in [1.29, 1.82) is 0 Å². The Balaban J connectivity index is 1.63. The molecule has 1 aliphatic rings. The molecule has 0 radical (unpaired) electrons. The van der Waals surface area contributed by atoms with E-state index in [2.05, 4.69) is 10.6 Å². The van der Waals surface area contributed by atoms with Crippen LogP contribution in [-0.2, 0) is 21.4 Å². The van der Waals surface area contributed by atoms with Gasteiger partial charge in [0.05, 0.1) is 12.0 Å². The van der Waals surface area contributed by atoms with Crippen molar-refractivity contribution in [3.8, 4) is 0 Å². The van der Waals surface area contributed by atoms with Gasteiger partial charge in [-0.3, -0.25) is 9.59 Å². The van der Waals surface area contributed by atoms with Crippen LogP contribution in [0.5, 0.6) is 0 Å². The summed E-state index contributed by atoms with van der Waals surface area (Å²) in [7, 11) is -3.37. The Labute approximate surface area is 176 Å². The first-order valence-electron chi connectivity index (χ1n) is 10.1. The Morgan fingerprint density at radius 2 is 2.07 bits per heavy atom. The van der Waals surface area contributed by atoms with Crippen molar-refractivity contribution in [2.45, 2.75) is 45.2 Å². The largest absolute Gasteiger partial charge is 0.459 e. The van der Waals surface area contributed by atoms with Gasteiger partial charge in [0.1, 0.15) is 6.04 Å². The maximum absolute atomic E-state index is 12.8. The molecule has 2 aromatic rings. The summed E-state index contributed by atoms with van der Waals surface area (Å²) in [5, 5.41) is 5.60. The number of anilines is 1. The molecule has 1 fully saturated rings. The van der Waals surface area contributed by atoms with Gasteiger partial charge in [-0.1, -0.05) is 31.9 Å². The summed E-state index contributed by atoms with van der Waals surface area (Å²) in [5.41, 5.74) is 1.37. The van der Waals surface area contributed by atoms with Crippen molar-refractivity contribution in [3.63, 3.8) is 0 Å². The number of hydrogen-bond donors (Lipinski definition) is 2. The predicted octanol–water partition coefficient (Wildman–Crippen LogP) is 2.74. The van der Waals surface area contributed by atoms with Crippen LogP contribution in [0.3, 0.4) is 0 Å². The minimum atomic E-state index is -3.37. The van der Waals surface area contributed by atoms with Gasteiger partial charge in [0.25, 0.3) is 5.91 Å². The van der Waals surface area contributed by atoms with Crippen molar-refractivity contribution >= 4 is 27.5 Å². The van der Waals surface area contributed by atoms with Gasteiger partial charge in [0.2, 0.25) is 15.9 Å². The number of amides is 2. The number of unbranched alkanes of at least 4 members (excludes halogenated alkanes) is 1. The van der Waals surface area contributed by atoms with E-state index < -0.39 is 16.1 Å². The molecule has 9 heteroatoms. The fraction of sp³-hybridized carbons (Fsp3) is 0.429. The van der Waals surface area contributed by atoms with Gasteiger partial charge < -0.3 is 15.1 Å². The molecule has 8 nitrogen and oxygen atoms in total. The highest BCUT2D eigenvalue weighted by Gasteiger charge is 2.37. The second kappa shape index (κ2) is 9.90. The molecule has 1 saturated heterocycles. The number of carbonyl (C=O) groups excluding carboxylic acids is 2. The minimum Gasteiger partial charge on any atom is -0.459 e. The summed E-state index contributed by atoms with van der Waals surface area (Å²) in [4.78, 5) is 24.9. The zero-order valence-corrected chi connectivity index (χ0v) is 17.8. The molecule has 1 aromatic carbocycles. The molecule has 0 saturated carbocycles. The quantitative estimate of drug-likeness (QED) is 0.632. The molecule has 2 N–H and O–H groups in total. The lowest BCUT2D eigenvalue weighted by Crippen LogP contribution is -2.47. The standard InChI is InChI=1S/C21H27N3O5S/c1-2-3-9-18(24-11-6-13-30(24,27)28)20(25)22-15-16-7-4-8-17(14-16)23-21(26)19-10-5-12-29-19/h4-5,7-8,10,12,14,18H,2-3,6,9,11,13,15H2,1H3,(H,22,25)(H,23,26)/t18-/m1/s1. The number of carbonyl (C=O) groups is 2. The number of hydrogen-bond acceptors (Lipinski definition) is 5. The summed E-state index contributed by atoms with van der Waals surface area (Å²) in [6, 6.07) is 9.63. The second-order valence-electron chi connectivity index (χ2n) is 7.29. The third kappa shape index (κ3) is 5.48. The Kier molecular flexibility index (Phi) is 7.28. The fourth-order valence-electron chi connectivity index (χ4n) is 3.48. The number of rotatable bonds is 9. The van der Waals surface area contributed by atoms with E-state index in [4.69, 9.17) is 4.42 Å². The van der Waals surface area contributed by atoms with E-state index in [9.17, 15) is 18.0 Å². The molecule has 30 heavy (non-hydrogen) atoms. The Bertz CT molecular complexity index is 972. The zero-order valence-electron chi connectivity index (χ0n) is 17.0. The molecule has 0 aliphatic carbocycles. The molecule has 2 heterocycles. The minimum absolute atomic E-state index is 0.0975. The highest BCUT2D eigenvalue weighted by molar-refractivity contribution is 7.89. The molecule has 0 unspecified atom stereocenters. The maximum Gasteiger partial charge on any atom is 0.291 e.